The Labute approximate surface area is 112 Å². The van der Waals surface area contributed by atoms with Gasteiger partial charge in [0.25, 0.3) is 0 Å². The van der Waals surface area contributed by atoms with Gasteiger partial charge in [-0.1, -0.05) is 18.2 Å². The van der Waals surface area contributed by atoms with Crippen LogP contribution in [0.3, 0.4) is 0 Å². The highest BCUT2D eigenvalue weighted by Crippen LogP contribution is 2.16. The van der Waals surface area contributed by atoms with E-state index in [0.717, 1.165) is 11.5 Å². The van der Waals surface area contributed by atoms with Crippen molar-refractivity contribution in [2.45, 2.75) is 20.0 Å². The first-order chi connectivity index (χ1) is 9.13. The van der Waals surface area contributed by atoms with Gasteiger partial charge in [0.1, 0.15) is 17.5 Å². The van der Waals surface area contributed by atoms with Crippen LogP contribution >= 0.6 is 0 Å². The molecule has 1 atom stereocenters. The molecule has 0 saturated heterocycles. The smallest absolute Gasteiger partial charge is 0.136 e. The van der Waals surface area contributed by atoms with Crippen LogP contribution in [0.1, 0.15) is 12.7 Å². The van der Waals surface area contributed by atoms with Crippen molar-refractivity contribution in [1.29, 1.82) is 0 Å². The molecule has 1 aromatic heterocycles. The third kappa shape index (κ3) is 4.22. The van der Waals surface area contributed by atoms with E-state index in [0.29, 0.717) is 18.2 Å². The van der Waals surface area contributed by atoms with Crippen LogP contribution in [0, 0.1) is 6.92 Å². The molecule has 0 aliphatic heterocycles. The van der Waals surface area contributed by atoms with Crippen molar-refractivity contribution >= 4 is 17.3 Å². The number of nitrogens with zero attached hydrogens (tertiary/aromatic N) is 2. The third-order valence-electron chi connectivity index (χ3n) is 2.46. The molecule has 1 heterocycles. The second kappa shape index (κ2) is 6.15. The highest BCUT2D eigenvalue weighted by Gasteiger charge is 2.03. The van der Waals surface area contributed by atoms with Gasteiger partial charge in [-0.2, -0.15) is 0 Å². The zero-order valence-electron chi connectivity index (χ0n) is 11.1. The summed E-state index contributed by atoms with van der Waals surface area (Å²) in [5.41, 5.74) is 0.974. The van der Waals surface area contributed by atoms with Crippen molar-refractivity contribution in [3.8, 4) is 0 Å². The summed E-state index contributed by atoms with van der Waals surface area (Å²) < 4.78 is 0. The van der Waals surface area contributed by atoms with Crippen molar-refractivity contribution in [2.24, 2.45) is 0 Å². The highest BCUT2D eigenvalue weighted by atomic mass is 16.3. The maximum absolute atomic E-state index is 9.27. The normalized spacial score (nSPS) is 11.9. The molecular formula is C14H18N4O. The minimum atomic E-state index is -0.416. The Hall–Kier alpha value is -2.14. The Morgan fingerprint density at radius 1 is 1.16 bits per heavy atom. The van der Waals surface area contributed by atoms with E-state index in [1.165, 1.54) is 0 Å². The van der Waals surface area contributed by atoms with Gasteiger partial charge in [0.15, 0.2) is 0 Å². The summed E-state index contributed by atoms with van der Waals surface area (Å²) in [7, 11) is 0. The van der Waals surface area contributed by atoms with Crippen LogP contribution in [0.5, 0.6) is 0 Å². The number of aliphatic hydroxyl groups excluding tert-OH is 1. The molecule has 0 aliphatic carbocycles. The lowest BCUT2D eigenvalue weighted by Crippen LogP contribution is -2.16. The molecule has 1 aromatic carbocycles. The summed E-state index contributed by atoms with van der Waals surface area (Å²) in [4.78, 5) is 8.61. The third-order valence-corrected chi connectivity index (χ3v) is 2.46. The van der Waals surface area contributed by atoms with Crippen LogP contribution in [0.15, 0.2) is 36.4 Å². The van der Waals surface area contributed by atoms with Gasteiger partial charge in [0.2, 0.25) is 0 Å². The molecule has 19 heavy (non-hydrogen) atoms. The zero-order valence-corrected chi connectivity index (χ0v) is 11.1. The number of nitrogens with one attached hydrogen (secondary N) is 2. The largest absolute Gasteiger partial charge is 0.392 e. The lowest BCUT2D eigenvalue weighted by Gasteiger charge is -2.11. The number of aliphatic hydroxyl groups is 1. The molecule has 0 amide bonds. The van der Waals surface area contributed by atoms with Crippen LogP contribution in [0.4, 0.5) is 17.3 Å². The summed E-state index contributed by atoms with van der Waals surface area (Å²) in [6, 6.07) is 11.7. The second-order valence-corrected chi connectivity index (χ2v) is 4.41. The van der Waals surface area contributed by atoms with Gasteiger partial charge >= 0.3 is 0 Å². The number of para-hydroxylation sites is 1. The second-order valence-electron chi connectivity index (χ2n) is 4.41. The number of aromatic nitrogens is 2. The number of benzene rings is 1. The van der Waals surface area contributed by atoms with Gasteiger partial charge in [0.05, 0.1) is 6.10 Å². The van der Waals surface area contributed by atoms with E-state index in [1.54, 1.807) is 6.92 Å². The Morgan fingerprint density at radius 3 is 2.53 bits per heavy atom. The lowest BCUT2D eigenvalue weighted by molar-refractivity contribution is 0.208. The lowest BCUT2D eigenvalue weighted by atomic mass is 10.3. The summed E-state index contributed by atoms with van der Waals surface area (Å²) in [6.45, 7) is 4.02. The fraction of sp³-hybridized carbons (Fsp3) is 0.286. The SMILES string of the molecule is Cc1nc(NC[C@H](C)O)cc(Nc2ccccc2)n1. The molecule has 0 bridgehead atoms. The maximum atomic E-state index is 9.27. The number of hydrogen-bond acceptors (Lipinski definition) is 5. The average Bonchev–Trinajstić information content (AvgIpc) is 2.37. The van der Waals surface area contributed by atoms with Gasteiger partial charge in [-0.15, -0.1) is 0 Å². The van der Waals surface area contributed by atoms with Gasteiger partial charge in [-0.25, -0.2) is 9.97 Å². The van der Waals surface area contributed by atoms with Crippen molar-refractivity contribution in [3.05, 3.63) is 42.2 Å². The van der Waals surface area contributed by atoms with E-state index in [9.17, 15) is 5.11 Å². The zero-order chi connectivity index (χ0) is 13.7. The van der Waals surface area contributed by atoms with Crippen molar-refractivity contribution in [1.82, 2.24) is 9.97 Å². The predicted octanol–water partition coefficient (Wildman–Crippen LogP) is 2.32. The van der Waals surface area contributed by atoms with Crippen LogP contribution in [-0.4, -0.2) is 27.7 Å². The van der Waals surface area contributed by atoms with Crippen LogP contribution in [0.2, 0.25) is 0 Å². The predicted molar refractivity (Wildman–Crippen MR) is 76.7 cm³/mol. The molecule has 100 valence electrons. The first kappa shape index (κ1) is 13.3. The van der Waals surface area contributed by atoms with Crippen LogP contribution in [0.25, 0.3) is 0 Å². The standard InChI is InChI=1S/C14H18N4O/c1-10(19)9-15-13-8-14(17-11(2)16-13)18-12-6-4-3-5-7-12/h3-8,10,19H,9H2,1-2H3,(H2,15,16,17,18)/t10-/m0/s1. The molecule has 3 N–H and O–H groups in total. The highest BCUT2D eigenvalue weighted by molar-refractivity contribution is 5.58. The molecule has 2 aromatic rings. The van der Waals surface area contributed by atoms with E-state index in [1.807, 2.05) is 43.3 Å². The van der Waals surface area contributed by atoms with E-state index in [4.69, 9.17) is 0 Å². The van der Waals surface area contributed by atoms with Crippen molar-refractivity contribution < 1.29 is 5.11 Å². The molecular weight excluding hydrogens is 240 g/mol. The van der Waals surface area contributed by atoms with E-state index >= 15 is 0 Å². The topological polar surface area (TPSA) is 70.1 Å². The molecule has 0 spiro atoms. The quantitative estimate of drug-likeness (QED) is 0.768. The number of hydrogen-bond donors (Lipinski definition) is 3. The van der Waals surface area contributed by atoms with Crippen LogP contribution in [-0.2, 0) is 0 Å². The Kier molecular flexibility index (Phi) is 4.30. The summed E-state index contributed by atoms with van der Waals surface area (Å²) >= 11 is 0. The number of rotatable bonds is 5. The molecule has 2 rings (SSSR count). The molecule has 5 nitrogen and oxygen atoms in total. The minimum absolute atomic E-state index is 0.416. The molecule has 0 aliphatic rings. The van der Waals surface area contributed by atoms with Gasteiger partial charge in [-0.3, -0.25) is 0 Å². The fourth-order valence-electron chi connectivity index (χ4n) is 1.64. The van der Waals surface area contributed by atoms with Gasteiger partial charge in [0, 0.05) is 18.3 Å². The number of aryl methyl sites for hydroxylation is 1. The molecule has 0 radical (unpaired) electrons. The Bertz CT molecular complexity index is 528. The molecule has 5 heteroatoms. The van der Waals surface area contributed by atoms with E-state index < -0.39 is 6.10 Å². The summed E-state index contributed by atoms with van der Waals surface area (Å²) in [6.07, 6.45) is -0.416. The fourth-order valence-corrected chi connectivity index (χ4v) is 1.64. The molecule has 0 unspecified atom stereocenters. The average molecular weight is 258 g/mol. The summed E-state index contributed by atoms with van der Waals surface area (Å²) in [5, 5.41) is 15.6. The Morgan fingerprint density at radius 2 is 1.84 bits per heavy atom. The maximum Gasteiger partial charge on any atom is 0.136 e. The van der Waals surface area contributed by atoms with Gasteiger partial charge < -0.3 is 15.7 Å². The molecule has 0 fully saturated rings. The van der Waals surface area contributed by atoms with Crippen molar-refractivity contribution in [3.63, 3.8) is 0 Å². The first-order valence-electron chi connectivity index (χ1n) is 6.23. The summed E-state index contributed by atoms with van der Waals surface area (Å²) in [5.74, 6) is 2.10. The Balaban J connectivity index is 2.12. The minimum Gasteiger partial charge on any atom is -0.392 e. The monoisotopic (exact) mass is 258 g/mol. The van der Waals surface area contributed by atoms with Crippen LogP contribution < -0.4 is 10.6 Å². The molecule has 0 saturated carbocycles. The van der Waals surface area contributed by atoms with Crippen molar-refractivity contribution in [2.75, 3.05) is 17.2 Å². The van der Waals surface area contributed by atoms with E-state index in [2.05, 4.69) is 20.6 Å². The van der Waals surface area contributed by atoms with E-state index in [-0.39, 0.29) is 0 Å². The number of anilines is 3. The first-order valence-corrected chi connectivity index (χ1v) is 6.23. The van der Waals surface area contributed by atoms with Gasteiger partial charge in [-0.05, 0) is 26.0 Å².